The molecule has 2 aromatic rings. The second-order valence-corrected chi connectivity index (χ2v) is 33.6. The Hall–Kier alpha value is -10.4. The van der Waals surface area contributed by atoms with Crippen LogP contribution in [0.15, 0.2) is 25.0 Å². The fraction of sp³-hybridized carbons (Fsp3) is 0.627. The van der Waals surface area contributed by atoms with E-state index in [-0.39, 0.29) is 43.6 Å². The first kappa shape index (κ1) is 96.2. The maximum atomic E-state index is 15.2. The van der Waals surface area contributed by atoms with Gasteiger partial charge in [0.25, 0.3) is 0 Å². The number of carboxylic acids is 1. The van der Waals surface area contributed by atoms with Gasteiger partial charge < -0.3 is 128 Å². The number of carbonyl (C=O) groups is 19. The number of aliphatic hydroxyl groups excluding tert-OH is 2. The molecule has 0 radical (unpaired) electrons. The van der Waals surface area contributed by atoms with Gasteiger partial charge in [-0.25, -0.2) is 9.97 Å². The maximum absolute atomic E-state index is 15.2. The van der Waals surface area contributed by atoms with Gasteiger partial charge in [-0.2, -0.15) is 0 Å². The number of primary amides is 3. The molecule has 15 atom stereocenters. The second-order valence-electron chi connectivity index (χ2n) is 28.4. The number of imidazole rings is 2. The van der Waals surface area contributed by atoms with Crippen molar-refractivity contribution in [3.05, 3.63) is 36.4 Å². The zero-order valence-electron chi connectivity index (χ0n) is 64.3. The number of amides is 18. The highest BCUT2D eigenvalue weighted by atomic mass is 33.1. The highest BCUT2D eigenvalue weighted by molar-refractivity contribution is 8.77. The Morgan fingerprint density at radius 2 is 0.905 bits per heavy atom. The minimum absolute atomic E-state index is 0.0353. The summed E-state index contributed by atoms with van der Waals surface area (Å²) in [4.78, 5) is 282. The number of fused-ring (bicyclic) bond motifs is 9. The summed E-state index contributed by atoms with van der Waals surface area (Å²) in [6.07, 6.45) is 0.520. The second kappa shape index (κ2) is 47.6. The standard InChI is InChI=1S/C67H103N23O22S4/c1-29(2)12-35-55(100)77-34(9-10-51(96)97)54(99)80-38(15-33-20-73-28-75-33)58(103)84-41(21-91)60(105)82-39(16-48(69)93)59(104)79-36(13-30(3)4)56(101)86-43(53(71)98)23-113-115-25-45-64(109)85-42(22-92)61(106)83-40(17-49(70)94)67(112)90-11-7-8-47(90)65(110)89-52(31(5)6)66(111)88-46(26-116-114-24-44(62(107)87-45)76-50(95)18-68)63(108)81-37(57(102)78-35)14-32-19-72-27-74-32/h19-20,27-31,34-47,52,91-92H,7-18,21-26,68H2,1-6H3,(H2,69,93)(H2,70,94)(H2,71,98)(H,72,74)(H,73,75)(H,76,95)(H,77,100)(H,78,102)(H,79,104)(H,80,99)(H,81,108)(H,82,105)(H,83,106)(H,84,103)(H,85,109)(H,86,101)(H,87,107)(H,88,111)(H,89,110)(H,96,97). The van der Waals surface area contributed by atoms with E-state index < -0.39 is 302 Å². The van der Waals surface area contributed by atoms with Crippen molar-refractivity contribution in [1.29, 1.82) is 0 Å². The molecule has 18 amide bonds. The number of nitrogens with two attached hydrogens (primary N) is 4. The topological polar surface area (TPSA) is 718 Å². The van der Waals surface area contributed by atoms with E-state index in [0.717, 1.165) is 48.1 Å². The zero-order valence-corrected chi connectivity index (χ0v) is 67.6. The van der Waals surface area contributed by atoms with E-state index in [0.29, 0.717) is 0 Å². The van der Waals surface area contributed by atoms with Crippen LogP contribution in [0.3, 0.4) is 0 Å². The maximum Gasteiger partial charge on any atom is 0.303 e. The van der Waals surface area contributed by atoms with Gasteiger partial charge >= 0.3 is 5.97 Å². The van der Waals surface area contributed by atoms with E-state index in [1.54, 1.807) is 27.7 Å². The molecule has 49 heteroatoms. The Morgan fingerprint density at radius 3 is 1.38 bits per heavy atom. The summed E-state index contributed by atoms with van der Waals surface area (Å²) >= 11 is 0. The predicted octanol–water partition coefficient (Wildman–Crippen LogP) is -9.72. The molecule has 116 heavy (non-hydrogen) atoms. The van der Waals surface area contributed by atoms with Crippen molar-refractivity contribution < 1.29 is 106 Å². The molecule has 5 rings (SSSR count). The predicted molar refractivity (Wildman–Crippen MR) is 417 cm³/mol. The summed E-state index contributed by atoms with van der Waals surface area (Å²) in [6.45, 7) is 6.31. The monoisotopic (exact) mass is 1710 g/mol. The minimum Gasteiger partial charge on any atom is -0.481 e. The molecule has 5 heterocycles. The van der Waals surface area contributed by atoms with Crippen molar-refractivity contribution in [2.45, 2.75) is 196 Å². The van der Waals surface area contributed by atoms with Gasteiger partial charge in [0.15, 0.2) is 0 Å². The first-order chi connectivity index (χ1) is 54.8. The number of nitrogens with one attached hydrogen (secondary N) is 16. The van der Waals surface area contributed by atoms with E-state index in [1.165, 1.54) is 38.9 Å². The lowest BCUT2D eigenvalue weighted by Crippen LogP contribution is -2.62. The van der Waals surface area contributed by atoms with Crippen molar-refractivity contribution >= 4 is 155 Å². The highest BCUT2D eigenvalue weighted by Crippen LogP contribution is 2.27. The van der Waals surface area contributed by atoms with Crippen LogP contribution in [-0.4, -0.2) is 292 Å². The highest BCUT2D eigenvalue weighted by Gasteiger charge is 2.43. The first-order valence-electron chi connectivity index (χ1n) is 36.8. The van der Waals surface area contributed by atoms with Crippen molar-refractivity contribution in [2.24, 2.45) is 40.7 Å². The van der Waals surface area contributed by atoms with E-state index in [2.05, 4.69) is 94.4 Å². The summed E-state index contributed by atoms with van der Waals surface area (Å²) in [5.74, 6) is -25.6. The minimum atomic E-state index is -2.03. The molecule has 642 valence electrons. The number of aliphatic carboxylic acids is 1. The number of hydrogen-bond acceptors (Lipinski definition) is 28. The number of aliphatic hydroxyl groups is 2. The van der Waals surface area contributed by atoms with E-state index in [1.807, 2.05) is 0 Å². The van der Waals surface area contributed by atoms with E-state index >= 15 is 4.79 Å². The molecule has 0 saturated carbocycles. The van der Waals surface area contributed by atoms with Gasteiger partial charge in [0.1, 0.15) is 90.6 Å². The fourth-order valence-corrected chi connectivity index (χ4v) is 16.5. The molecule has 3 fully saturated rings. The van der Waals surface area contributed by atoms with Crippen LogP contribution in [0.1, 0.15) is 104 Å². The lowest BCUT2D eigenvalue weighted by atomic mass is 10.0. The van der Waals surface area contributed by atoms with Crippen molar-refractivity contribution in [3.63, 3.8) is 0 Å². The quantitative estimate of drug-likeness (QED) is 0.0516. The Labute approximate surface area is 680 Å². The smallest absolute Gasteiger partial charge is 0.303 e. The third-order valence-corrected chi connectivity index (χ3v) is 22.6. The van der Waals surface area contributed by atoms with Gasteiger partial charge in [-0.1, -0.05) is 84.7 Å². The molecule has 3 saturated heterocycles. The van der Waals surface area contributed by atoms with Crippen molar-refractivity contribution in [3.8, 4) is 0 Å². The third kappa shape index (κ3) is 31.3. The largest absolute Gasteiger partial charge is 0.481 e. The summed E-state index contributed by atoms with van der Waals surface area (Å²) in [7, 11) is 3.10. The molecule has 0 spiro atoms. The van der Waals surface area contributed by atoms with Crippen LogP contribution in [-0.2, 0) is 104 Å². The van der Waals surface area contributed by atoms with Crippen LogP contribution in [0, 0.1) is 17.8 Å². The Morgan fingerprint density at radius 1 is 0.491 bits per heavy atom. The van der Waals surface area contributed by atoms with E-state index in [4.69, 9.17) is 22.9 Å². The number of carbonyl (C=O) groups excluding carboxylic acids is 18. The molecular weight excluding hydrogens is 1610 g/mol. The van der Waals surface area contributed by atoms with Gasteiger partial charge in [0.05, 0.1) is 56.6 Å². The molecule has 3 aliphatic rings. The normalized spacial score (nSPS) is 26.9. The van der Waals surface area contributed by atoms with Gasteiger partial charge in [-0.3, -0.25) is 91.1 Å². The van der Waals surface area contributed by atoms with Crippen LogP contribution in [0.4, 0.5) is 0 Å². The fourth-order valence-electron chi connectivity index (χ4n) is 11.8. The van der Waals surface area contributed by atoms with Gasteiger partial charge in [-0.05, 0) is 49.9 Å². The van der Waals surface area contributed by atoms with Crippen LogP contribution in [0.5, 0.6) is 0 Å². The van der Waals surface area contributed by atoms with Crippen LogP contribution >= 0.6 is 43.2 Å². The molecule has 27 N–H and O–H groups in total. The lowest BCUT2D eigenvalue weighted by molar-refractivity contribution is -0.143. The summed E-state index contributed by atoms with van der Waals surface area (Å²) in [5, 5.41) is 65.2. The number of rotatable bonds is 21. The average Bonchev–Trinajstić information content (AvgIpc) is 1.63. The number of nitrogens with zero attached hydrogens (tertiary/aromatic N) is 3. The molecule has 2 bridgehead atoms. The molecule has 45 nitrogen and oxygen atoms in total. The van der Waals surface area contributed by atoms with Crippen molar-refractivity contribution in [1.82, 2.24) is 99.3 Å². The van der Waals surface area contributed by atoms with Crippen LogP contribution < -0.4 is 97.4 Å². The van der Waals surface area contributed by atoms with Crippen LogP contribution in [0.2, 0.25) is 0 Å². The molecule has 0 aromatic carbocycles. The first-order valence-corrected chi connectivity index (χ1v) is 41.8. The number of H-pyrrole nitrogens is 2. The van der Waals surface area contributed by atoms with Gasteiger partial charge in [0.2, 0.25) is 106 Å². The Kier molecular flexibility index (Phi) is 39.5. The lowest BCUT2D eigenvalue weighted by Gasteiger charge is -2.31. The SMILES string of the molecule is CC(C)CC1NC(=O)C(CC(N)=O)NC(=O)C(CO)NC(=O)C(Cc2c[nH]cn2)NC(=O)C(CCC(=O)O)NC(=O)C(CC(C)C)NC(=O)C(Cc2c[nH]cn2)NC(=O)C2CSSCC(NC(=O)CN)C(=O)NC(CSSCC(C(N)=O)NC1=O)C(=O)NC(CO)C(=O)NC(CC(N)=O)C(=O)N1CCCC1C(=O)NC(C(C)C)C(=O)N2. The number of hydrogen-bond donors (Lipinski definition) is 23. The van der Waals surface area contributed by atoms with E-state index in [9.17, 15) is 102 Å². The molecule has 3 aliphatic heterocycles. The summed E-state index contributed by atoms with van der Waals surface area (Å²) < 4.78 is 0. The summed E-state index contributed by atoms with van der Waals surface area (Å²) in [5.41, 5.74) is 22.8. The van der Waals surface area contributed by atoms with Gasteiger partial charge in [-0.15, -0.1) is 0 Å². The zero-order chi connectivity index (χ0) is 86.2. The number of carboxylic acid groups (broad SMARTS) is 1. The molecule has 2 aromatic heterocycles. The van der Waals surface area contributed by atoms with Gasteiger partial charge in [0, 0.05) is 61.2 Å². The number of aromatic amines is 2. The molecule has 0 aliphatic carbocycles. The third-order valence-electron chi connectivity index (χ3n) is 17.8. The molecular formula is C67H103N23O22S4. The number of aromatic nitrogens is 4. The molecule has 15 unspecified atom stereocenters. The Bertz CT molecular complexity index is 3830. The average molecular weight is 1710 g/mol. The van der Waals surface area contributed by atoms with Crippen LogP contribution in [0.25, 0.3) is 0 Å². The van der Waals surface area contributed by atoms with Crippen molar-refractivity contribution in [2.75, 3.05) is 49.3 Å². The Balaban J connectivity index is 1.72. The summed E-state index contributed by atoms with van der Waals surface area (Å²) in [6, 6.07) is -26.3.